The normalized spacial score (nSPS) is 14.3. The molecule has 0 radical (unpaired) electrons. The molecule has 2 aromatic carbocycles. The van der Waals surface area contributed by atoms with Gasteiger partial charge in [0.2, 0.25) is 0 Å². The van der Waals surface area contributed by atoms with E-state index in [-0.39, 0.29) is 17.4 Å². The Balaban J connectivity index is 1.95. The fraction of sp³-hybridized carbons (Fsp3) is 0.250. The van der Waals surface area contributed by atoms with Crippen LogP contribution in [-0.4, -0.2) is 6.04 Å². The highest BCUT2D eigenvalue weighted by Crippen LogP contribution is 2.36. The van der Waals surface area contributed by atoms with Crippen LogP contribution in [0, 0.1) is 11.6 Å². The zero-order valence-electron chi connectivity index (χ0n) is 11.0. The molecular weight excluding hydrogens is 258 g/mol. The minimum atomic E-state index is -0.592. The van der Waals surface area contributed by atoms with Crippen LogP contribution in [-0.2, 0) is 6.54 Å². The standard InChI is InChI=1S/C16H16F2N2/c17-14-8-12(19)9-15(18)16(14)20(13-6-7-13)10-11-4-2-1-3-5-11/h1-5,8-9,13H,6-7,10,19H2. The third-order valence-corrected chi connectivity index (χ3v) is 3.51. The van der Waals surface area contributed by atoms with Crippen LogP contribution >= 0.6 is 0 Å². The van der Waals surface area contributed by atoms with E-state index in [2.05, 4.69) is 0 Å². The number of halogens is 2. The van der Waals surface area contributed by atoms with Crippen LogP contribution < -0.4 is 10.6 Å². The fourth-order valence-electron chi connectivity index (χ4n) is 2.42. The molecule has 0 amide bonds. The van der Waals surface area contributed by atoms with Crippen LogP contribution in [0.25, 0.3) is 0 Å². The van der Waals surface area contributed by atoms with Gasteiger partial charge >= 0.3 is 0 Å². The van der Waals surface area contributed by atoms with E-state index in [1.807, 2.05) is 30.3 Å². The lowest BCUT2D eigenvalue weighted by Crippen LogP contribution is -2.27. The molecule has 4 heteroatoms. The van der Waals surface area contributed by atoms with Gasteiger partial charge in [-0.05, 0) is 30.5 Å². The Morgan fingerprint density at radius 2 is 1.65 bits per heavy atom. The van der Waals surface area contributed by atoms with Crippen molar-refractivity contribution in [2.75, 3.05) is 10.6 Å². The predicted molar refractivity (Wildman–Crippen MR) is 76.4 cm³/mol. The Bertz CT molecular complexity index is 586. The summed E-state index contributed by atoms with van der Waals surface area (Å²) in [6.45, 7) is 0.503. The number of nitrogen functional groups attached to an aromatic ring is 1. The fourth-order valence-corrected chi connectivity index (χ4v) is 2.42. The molecule has 3 rings (SSSR count). The summed E-state index contributed by atoms with van der Waals surface area (Å²) in [7, 11) is 0. The largest absolute Gasteiger partial charge is 0.399 e. The number of hydrogen-bond acceptors (Lipinski definition) is 2. The molecule has 20 heavy (non-hydrogen) atoms. The lowest BCUT2D eigenvalue weighted by atomic mass is 10.1. The van der Waals surface area contributed by atoms with Crippen LogP contribution in [0.1, 0.15) is 18.4 Å². The van der Waals surface area contributed by atoms with Crippen LogP contribution in [0.3, 0.4) is 0 Å². The summed E-state index contributed by atoms with van der Waals surface area (Å²) in [5, 5.41) is 0. The molecule has 2 N–H and O–H groups in total. The maximum Gasteiger partial charge on any atom is 0.151 e. The van der Waals surface area contributed by atoms with E-state index in [4.69, 9.17) is 5.73 Å². The number of rotatable bonds is 4. The minimum Gasteiger partial charge on any atom is -0.399 e. The Kier molecular flexibility index (Phi) is 3.30. The van der Waals surface area contributed by atoms with Gasteiger partial charge in [-0.2, -0.15) is 0 Å². The van der Waals surface area contributed by atoms with E-state index in [9.17, 15) is 8.78 Å². The zero-order valence-corrected chi connectivity index (χ0v) is 11.0. The van der Waals surface area contributed by atoms with Crippen molar-refractivity contribution in [1.29, 1.82) is 0 Å². The lowest BCUT2D eigenvalue weighted by molar-refractivity contribution is 0.569. The van der Waals surface area contributed by atoms with Gasteiger partial charge in [0.25, 0.3) is 0 Å². The topological polar surface area (TPSA) is 29.3 Å². The molecule has 0 atom stereocenters. The van der Waals surface area contributed by atoms with E-state index in [1.54, 1.807) is 4.90 Å². The van der Waals surface area contributed by atoms with Crippen molar-refractivity contribution in [3.05, 3.63) is 59.7 Å². The third-order valence-electron chi connectivity index (χ3n) is 3.51. The van der Waals surface area contributed by atoms with Crippen molar-refractivity contribution in [3.8, 4) is 0 Å². The van der Waals surface area contributed by atoms with Crippen LogP contribution in [0.4, 0.5) is 20.2 Å². The molecule has 0 saturated heterocycles. The van der Waals surface area contributed by atoms with E-state index in [1.165, 1.54) is 12.1 Å². The van der Waals surface area contributed by atoms with Crippen LogP contribution in [0.15, 0.2) is 42.5 Å². The summed E-state index contributed by atoms with van der Waals surface area (Å²) in [5.41, 5.74) is 6.65. The van der Waals surface area contributed by atoms with E-state index in [0.29, 0.717) is 6.54 Å². The molecule has 0 spiro atoms. The minimum absolute atomic E-state index is 0.0329. The second-order valence-corrected chi connectivity index (χ2v) is 5.18. The molecule has 104 valence electrons. The maximum atomic E-state index is 14.1. The monoisotopic (exact) mass is 274 g/mol. The maximum absolute atomic E-state index is 14.1. The first-order valence-electron chi connectivity index (χ1n) is 6.70. The number of nitrogens with zero attached hydrogens (tertiary/aromatic N) is 1. The third kappa shape index (κ3) is 2.59. The van der Waals surface area contributed by atoms with Crippen LogP contribution in [0.2, 0.25) is 0 Å². The molecule has 0 unspecified atom stereocenters. The van der Waals surface area contributed by atoms with Crippen LogP contribution in [0.5, 0.6) is 0 Å². The highest BCUT2D eigenvalue weighted by atomic mass is 19.1. The molecule has 1 aliphatic carbocycles. The summed E-state index contributed by atoms with van der Waals surface area (Å²) in [4.78, 5) is 1.80. The van der Waals surface area contributed by atoms with Gasteiger partial charge in [-0.3, -0.25) is 0 Å². The van der Waals surface area contributed by atoms with E-state index in [0.717, 1.165) is 18.4 Å². The number of hydrogen-bond donors (Lipinski definition) is 1. The van der Waals surface area contributed by atoms with Gasteiger partial charge in [-0.25, -0.2) is 8.78 Å². The SMILES string of the molecule is Nc1cc(F)c(N(Cc2ccccc2)C2CC2)c(F)c1. The molecule has 0 heterocycles. The van der Waals surface area contributed by atoms with Crippen molar-refractivity contribution in [3.63, 3.8) is 0 Å². The number of benzene rings is 2. The molecule has 0 bridgehead atoms. The molecular formula is C16H16F2N2. The molecule has 1 fully saturated rings. The Hall–Kier alpha value is -2.10. The van der Waals surface area contributed by atoms with Crippen molar-refractivity contribution < 1.29 is 8.78 Å². The predicted octanol–water partition coefficient (Wildman–Crippen LogP) is 3.72. The highest BCUT2D eigenvalue weighted by molar-refractivity contribution is 5.57. The van der Waals surface area contributed by atoms with Crippen molar-refractivity contribution in [2.24, 2.45) is 0 Å². The first-order valence-corrected chi connectivity index (χ1v) is 6.70. The zero-order chi connectivity index (χ0) is 14.1. The van der Waals surface area contributed by atoms with Gasteiger partial charge in [0.15, 0.2) is 11.6 Å². The van der Waals surface area contributed by atoms with Crippen molar-refractivity contribution in [1.82, 2.24) is 0 Å². The van der Waals surface area contributed by atoms with E-state index < -0.39 is 11.6 Å². The van der Waals surface area contributed by atoms with Gasteiger partial charge in [-0.15, -0.1) is 0 Å². The van der Waals surface area contributed by atoms with E-state index >= 15 is 0 Å². The van der Waals surface area contributed by atoms with Gasteiger partial charge < -0.3 is 10.6 Å². The first-order chi connectivity index (χ1) is 9.65. The average molecular weight is 274 g/mol. The van der Waals surface area contributed by atoms with Crippen molar-refractivity contribution in [2.45, 2.75) is 25.4 Å². The Morgan fingerprint density at radius 1 is 1.05 bits per heavy atom. The summed E-state index contributed by atoms with van der Waals surface area (Å²) < 4.78 is 28.2. The quantitative estimate of drug-likeness (QED) is 0.861. The molecule has 0 aromatic heterocycles. The van der Waals surface area contributed by atoms with Gasteiger partial charge in [0.05, 0.1) is 0 Å². The number of anilines is 2. The molecule has 1 saturated carbocycles. The summed E-state index contributed by atoms with van der Waals surface area (Å²) in [6, 6.07) is 12.3. The highest BCUT2D eigenvalue weighted by Gasteiger charge is 2.32. The second kappa shape index (κ2) is 5.12. The summed E-state index contributed by atoms with van der Waals surface area (Å²) in [5.74, 6) is -1.18. The summed E-state index contributed by atoms with van der Waals surface area (Å²) in [6.07, 6.45) is 1.94. The smallest absolute Gasteiger partial charge is 0.151 e. The van der Waals surface area contributed by atoms with Gasteiger partial charge in [0, 0.05) is 18.3 Å². The summed E-state index contributed by atoms with van der Waals surface area (Å²) >= 11 is 0. The Labute approximate surface area is 116 Å². The second-order valence-electron chi connectivity index (χ2n) is 5.18. The van der Waals surface area contributed by atoms with Gasteiger partial charge in [0.1, 0.15) is 5.69 Å². The lowest BCUT2D eigenvalue weighted by Gasteiger charge is -2.26. The Morgan fingerprint density at radius 3 is 2.20 bits per heavy atom. The van der Waals surface area contributed by atoms with Gasteiger partial charge in [-0.1, -0.05) is 30.3 Å². The molecule has 2 aromatic rings. The molecule has 0 aliphatic heterocycles. The molecule has 1 aliphatic rings. The number of nitrogens with two attached hydrogens (primary N) is 1. The first kappa shape index (κ1) is 12.9. The average Bonchev–Trinajstić information content (AvgIpc) is 3.22. The van der Waals surface area contributed by atoms with Crippen molar-refractivity contribution >= 4 is 11.4 Å². The molecule has 2 nitrogen and oxygen atoms in total.